The quantitative estimate of drug-likeness (QED) is 0.571. The Morgan fingerprint density at radius 3 is 2.77 bits per heavy atom. The van der Waals surface area contributed by atoms with E-state index in [1.807, 2.05) is 0 Å². The predicted molar refractivity (Wildman–Crippen MR) is 44.6 cm³/mol. The van der Waals surface area contributed by atoms with E-state index in [1.54, 1.807) is 0 Å². The van der Waals surface area contributed by atoms with Crippen LogP contribution in [0.3, 0.4) is 0 Å². The van der Waals surface area contributed by atoms with Crippen LogP contribution in [0, 0.1) is 0 Å². The SMILES string of the molecule is O=S(CCP(=O)(O)O)c1ncn[nH]1. The zero-order chi connectivity index (χ0) is 9.90. The molecule has 1 rings (SSSR count). The Kier molecular flexibility index (Phi) is 3.32. The highest BCUT2D eigenvalue weighted by Gasteiger charge is 2.16. The van der Waals surface area contributed by atoms with Crippen LogP contribution in [0.5, 0.6) is 0 Å². The molecule has 0 radical (unpaired) electrons. The van der Waals surface area contributed by atoms with Crippen molar-refractivity contribution in [2.75, 3.05) is 11.9 Å². The molecule has 1 unspecified atom stereocenters. The van der Waals surface area contributed by atoms with Crippen molar-refractivity contribution in [1.82, 2.24) is 15.2 Å². The first kappa shape index (κ1) is 10.5. The normalized spacial score (nSPS) is 14.3. The van der Waals surface area contributed by atoms with Crippen LogP contribution in [0.15, 0.2) is 11.5 Å². The minimum Gasteiger partial charge on any atom is -0.324 e. The topological polar surface area (TPSA) is 116 Å². The van der Waals surface area contributed by atoms with Crippen molar-refractivity contribution in [2.24, 2.45) is 0 Å². The molecule has 0 bridgehead atoms. The van der Waals surface area contributed by atoms with Crippen molar-refractivity contribution in [2.45, 2.75) is 5.16 Å². The van der Waals surface area contributed by atoms with E-state index in [4.69, 9.17) is 9.79 Å². The first-order chi connectivity index (χ1) is 5.99. The first-order valence-electron chi connectivity index (χ1n) is 3.27. The second kappa shape index (κ2) is 4.10. The van der Waals surface area contributed by atoms with E-state index in [1.165, 1.54) is 6.33 Å². The number of nitrogens with zero attached hydrogens (tertiary/aromatic N) is 2. The molecule has 1 aromatic heterocycles. The Morgan fingerprint density at radius 2 is 2.31 bits per heavy atom. The molecule has 0 aromatic carbocycles. The maximum Gasteiger partial charge on any atom is 0.326 e. The highest BCUT2D eigenvalue weighted by Crippen LogP contribution is 2.33. The summed E-state index contributed by atoms with van der Waals surface area (Å²) in [6.07, 6.45) is 0.769. The smallest absolute Gasteiger partial charge is 0.324 e. The van der Waals surface area contributed by atoms with Crippen LogP contribution >= 0.6 is 7.60 Å². The van der Waals surface area contributed by atoms with Gasteiger partial charge in [0.1, 0.15) is 6.33 Å². The summed E-state index contributed by atoms with van der Waals surface area (Å²) >= 11 is 0. The summed E-state index contributed by atoms with van der Waals surface area (Å²) in [6, 6.07) is 0. The van der Waals surface area contributed by atoms with E-state index >= 15 is 0 Å². The molecule has 0 saturated heterocycles. The lowest BCUT2D eigenvalue weighted by Crippen LogP contribution is -2.05. The summed E-state index contributed by atoms with van der Waals surface area (Å²) in [5.41, 5.74) is 0. The van der Waals surface area contributed by atoms with Gasteiger partial charge in [0.2, 0.25) is 5.16 Å². The Labute approximate surface area is 76.2 Å². The van der Waals surface area contributed by atoms with E-state index in [9.17, 15) is 8.77 Å². The van der Waals surface area contributed by atoms with Crippen LogP contribution in [0.25, 0.3) is 0 Å². The molecule has 0 saturated carbocycles. The van der Waals surface area contributed by atoms with Crippen molar-refractivity contribution in [1.29, 1.82) is 0 Å². The third kappa shape index (κ3) is 3.77. The van der Waals surface area contributed by atoms with Gasteiger partial charge in [0, 0.05) is 5.75 Å². The number of nitrogens with one attached hydrogen (secondary N) is 1. The zero-order valence-corrected chi connectivity index (χ0v) is 8.16. The molecule has 1 atom stereocenters. The standard InChI is InChI=1S/C4H8N3O4PS/c8-12(9,10)1-2-13(11)4-5-3-6-7-4/h3H,1-2H2,(H,5,6,7)(H2,8,9,10). The van der Waals surface area contributed by atoms with Gasteiger partial charge in [-0.25, -0.2) is 4.98 Å². The van der Waals surface area contributed by atoms with E-state index < -0.39 is 24.6 Å². The lowest BCUT2D eigenvalue weighted by atomic mass is 11.0. The fourth-order valence-corrected chi connectivity index (χ4v) is 2.73. The van der Waals surface area contributed by atoms with E-state index in [-0.39, 0.29) is 10.9 Å². The van der Waals surface area contributed by atoms with Gasteiger partial charge in [-0.3, -0.25) is 13.9 Å². The number of rotatable bonds is 4. The Hall–Kier alpha value is -0.560. The van der Waals surface area contributed by atoms with Crippen molar-refractivity contribution < 1.29 is 18.6 Å². The number of aromatic nitrogens is 3. The second-order valence-electron chi connectivity index (χ2n) is 2.23. The Balaban J connectivity index is 2.49. The van der Waals surface area contributed by atoms with Gasteiger partial charge < -0.3 is 9.79 Å². The van der Waals surface area contributed by atoms with Gasteiger partial charge in [0.15, 0.2) is 0 Å². The summed E-state index contributed by atoms with van der Waals surface area (Å²) in [6.45, 7) is 0. The molecule has 1 heterocycles. The minimum absolute atomic E-state index is 0.126. The molecular weight excluding hydrogens is 217 g/mol. The third-order valence-corrected chi connectivity index (χ3v) is 3.49. The molecule has 13 heavy (non-hydrogen) atoms. The van der Waals surface area contributed by atoms with Crippen LogP contribution in [0.1, 0.15) is 0 Å². The molecule has 0 aliphatic rings. The van der Waals surface area contributed by atoms with Gasteiger partial charge in [-0.2, -0.15) is 5.10 Å². The third-order valence-electron chi connectivity index (χ3n) is 1.18. The highest BCUT2D eigenvalue weighted by atomic mass is 32.2. The minimum atomic E-state index is -4.08. The lowest BCUT2D eigenvalue weighted by Gasteiger charge is -2.00. The van der Waals surface area contributed by atoms with E-state index in [0.29, 0.717) is 0 Å². The molecule has 0 fully saturated rings. The Morgan fingerprint density at radius 1 is 1.62 bits per heavy atom. The molecule has 0 amide bonds. The second-order valence-corrected chi connectivity index (χ2v) is 5.49. The van der Waals surface area contributed by atoms with Crippen molar-refractivity contribution >= 4 is 18.4 Å². The zero-order valence-electron chi connectivity index (χ0n) is 6.45. The summed E-state index contributed by atoms with van der Waals surface area (Å²) in [7, 11) is -5.60. The summed E-state index contributed by atoms with van der Waals surface area (Å²) in [5, 5.41) is 5.96. The molecule has 3 N–H and O–H groups in total. The fraction of sp³-hybridized carbons (Fsp3) is 0.500. The van der Waals surface area contributed by atoms with Gasteiger partial charge in [0.05, 0.1) is 17.0 Å². The largest absolute Gasteiger partial charge is 0.326 e. The fourth-order valence-electron chi connectivity index (χ4n) is 0.602. The van der Waals surface area contributed by atoms with Gasteiger partial charge in [-0.05, 0) is 0 Å². The predicted octanol–water partition coefficient (Wildman–Crippen LogP) is -0.910. The van der Waals surface area contributed by atoms with E-state index in [2.05, 4.69) is 15.2 Å². The molecule has 7 nitrogen and oxygen atoms in total. The number of hydrogen-bond acceptors (Lipinski definition) is 4. The van der Waals surface area contributed by atoms with Crippen LogP contribution in [-0.2, 0) is 15.4 Å². The maximum absolute atomic E-state index is 11.2. The van der Waals surface area contributed by atoms with Crippen molar-refractivity contribution in [3.63, 3.8) is 0 Å². The average molecular weight is 225 g/mol. The van der Waals surface area contributed by atoms with E-state index in [0.717, 1.165) is 0 Å². The number of aromatic amines is 1. The molecular formula is C4H8N3O4PS. The molecule has 0 aliphatic heterocycles. The van der Waals surface area contributed by atoms with Crippen LogP contribution in [0.4, 0.5) is 0 Å². The number of H-pyrrole nitrogens is 1. The van der Waals surface area contributed by atoms with Crippen molar-refractivity contribution in [3.8, 4) is 0 Å². The van der Waals surface area contributed by atoms with Gasteiger partial charge in [-0.15, -0.1) is 0 Å². The Bertz CT molecular complexity index is 333. The van der Waals surface area contributed by atoms with Crippen LogP contribution < -0.4 is 0 Å². The molecule has 1 aromatic rings. The highest BCUT2D eigenvalue weighted by molar-refractivity contribution is 7.85. The number of hydrogen-bond donors (Lipinski definition) is 3. The van der Waals surface area contributed by atoms with Gasteiger partial charge in [-0.1, -0.05) is 0 Å². The van der Waals surface area contributed by atoms with Gasteiger partial charge >= 0.3 is 7.60 Å². The van der Waals surface area contributed by atoms with Crippen LogP contribution in [0.2, 0.25) is 0 Å². The lowest BCUT2D eigenvalue weighted by molar-refractivity contribution is 0.375. The average Bonchev–Trinajstić information content (AvgIpc) is 2.50. The first-order valence-corrected chi connectivity index (χ1v) is 6.39. The van der Waals surface area contributed by atoms with Crippen molar-refractivity contribution in [3.05, 3.63) is 6.33 Å². The summed E-state index contributed by atoms with van der Waals surface area (Å²) in [4.78, 5) is 20.6. The molecule has 74 valence electrons. The maximum atomic E-state index is 11.2. The molecule has 9 heteroatoms. The monoisotopic (exact) mass is 225 g/mol. The summed E-state index contributed by atoms with van der Waals surface area (Å²) in [5.74, 6) is -0.126. The summed E-state index contributed by atoms with van der Waals surface area (Å²) < 4.78 is 21.6. The molecule has 0 aliphatic carbocycles. The van der Waals surface area contributed by atoms with Crippen LogP contribution in [-0.4, -0.2) is 41.1 Å². The van der Waals surface area contributed by atoms with Gasteiger partial charge in [0.25, 0.3) is 0 Å². The molecule has 0 spiro atoms.